The Balaban J connectivity index is 2.26. The van der Waals surface area contributed by atoms with Gasteiger partial charge in [0.2, 0.25) is 11.7 Å². The van der Waals surface area contributed by atoms with Gasteiger partial charge in [0.05, 0.1) is 31.2 Å². The Bertz CT molecular complexity index is 550. The molecule has 1 aliphatic rings. The third-order valence-electron chi connectivity index (χ3n) is 3.08. The van der Waals surface area contributed by atoms with Crippen molar-refractivity contribution >= 4 is 17.5 Å². The molecule has 1 unspecified atom stereocenters. The fourth-order valence-electron chi connectivity index (χ4n) is 2.14. The molecule has 114 valence electrons. The molecule has 0 bridgehead atoms. The van der Waals surface area contributed by atoms with Gasteiger partial charge in [0.15, 0.2) is 0 Å². The number of carboxylic acid groups (broad SMARTS) is 1. The molecule has 0 amide bonds. The van der Waals surface area contributed by atoms with Crippen LogP contribution < -0.4 is 9.64 Å². The predicted molar refractivity (Wildman–Crippen MR) is 71.6 cm³/mol. The summed E-state index contributed by atoms with van der Waals surface area (Å²) in [5.41, 5.74) is -0.147. The van der Waals surface area contributed by atoms with Crippen LogP contribution in [0.25, 0.3) is 0 Å². The normalized spacial score (nSPS) is 18.3. The second-order valence-corrected chi connectivity index (χ2v) is 4.49. The molecule has 9 heteroatoms. The largest absolute Gasteiger partial charge is 0.481 e. The average Bonchev–Trinajstić information content (AvgIpc) is 2.46. The minimum absolute atomic E-state index is 0.147. The standard InChI is InChI=1S/C12H15N3O6/c1-20-10-3-2-9(15(18)19)12(13-10)14-4-5-21-8(7-14)6-11(16)17/h2-3,8H,4-7H2,1H3,(H,16,17). The highest BCUT2D eigenvalue weighted by Gasteiger charge is 2.28. The summed E-state index contributed by atoms with van der Waals surface area (Å²) in [5.74, 6) is -0.551. The number of carboxylic acids is 1. The molecular weight excluding hydrogens is 282 g/mol. The predicted octanol–water partition coefficient (Wildman–Crippen LogP) is 0.678. The molecule has 1 aliphatic heterocycles. The first kappa shape index (κ1) is 15.0. The monoisotopic (exact) mass is 297 g/mol. The smallest absolute Gasteiger partial charge is 0.311 e. The van der Waals surface area contributed by atoms with E-state index >= 15 is 0 Å². The summed E-state index contributed by atoms with van der Waals surface area (Å²) >= 11 is 0. The van der Waals surface area contributed by atoms with Crippen LogP contribution in [0.3, 0.4) is 0 Å². The average molecular weight is 297 g/mol. The number of hydrogen-bond acceptors (Lipinski definition) is 7. The molecule has 9 nitrogen and oxygen atoms in total. The summed E-state index contributed by atoms with van der Waals surface area (Å²) in [6.45, 7) is 0.915. The Morgan fingerprint density at radius 1 is 1.67 bits per heavy atom. The molecule has 21 heavy (non-hydrogen) atoms. The number of aliphatic carboxylic acids is 1. The molecule has 1 aromatic heterocycles. The molecule has 1 atom stereocenters. The Labute approximate surface area is 120 Å². The van der Waals surface area contributed by atoms with Crippen LogP contribution in [0.4, 0.5) is 11.5 Å². The summed E-state index contributed by atoms with van der Waals surface area (Å²) in [5, 5.41) is 19.9. The topological polar surface area (TPSA) is 115 Å². The molecule has 0 saturated carbocycles. The van der Waals surface area contributed by atoms with Gasteiger partial charge in [-0.25, -0.2) is 0 Å². The van der Waals surface area contributed by atoms with Gasteiger partial charge < -0.3 is 19.5 Å². The van der Waals surface area contributed by atoms with E-state index in [0.29, 0.717) is 6.54 Å². The van der Waals surface area contributed by atoms with Crippen molar-refractivity contribution < 1.29 is 24.3 Å². The van der Waals surface area contributed by atoms with Crippen LogP contribution in [0, 0.1) is 10.1 Å². The van der Waals surface area contributed by atoms with Crippen molar-refractivity contribution in [3.63, 3.8) is 0 Å². The summed E-state index contributed by atoms with van der Waals surface area (Å²) in [4.78, 5) is 27.1. The molecule has 1 saturated heterocycles. The first-order chi connectivity index (χ1) is 10.0. The van der Waals surface area contributed by atoms with Gasteiger partial charge in [0.25, 0.3) is 0 Å². The Morgan fingerprint density at radius 2 is 2.43 bits per heavy atom. The molecule has 2 heterocycles. The number of hydrogen-bond donors (Lipinski definition) is 1. The molecule has 0 aromatic carbocycles. The van der Waals surface area contributed by atoms with E-state index in [-0.39, 0.29) is 37.0 Å². The maximum atomic E-state index is 11.1. The van der Waals surface area contributed by atoms with Crippen molar-refractivity contribution in [2.45, 2.75) is 12.5 Å². The number of rotatable bonds is 5. The van der Waals surface area contributed by atoms with Crippen LogP contribution >= 0.6 is 0 Å². The third kappa shape index (κ3) is 3.57. The maximum Gasteiger partial charge on any atom is 0.311 e. The Hall–Kier alpha value is -2.42. The lowest BCUT2D eigenvalue weighted by molar-refractivity contribution is -0.384. The first-order valence-electron chi connectivity index (χ1n) is 6.29. The second kappa shape index (κ2) is 6.35. The van der Waals surface area contributed by atoms with Gasteiger partial charge >= 0.3 is 11.7 Å². The van der Waals surface area contributed by atoms with E-state index in [1.54, 1.807) is 4.90 Å². The lowest BCUT2D eigenvalue weighted by Gasteiger charge is -2.32. The molecule has 1 aromatic rings. The summed E-state index contributed by atoms with van der Waals surface area (Å²) < 4.78 is 10.3. The van der Waals surface area contributed by atoms with Gasteiger partial charge in [-0.1, -0.05) is 0 Å². The van der Waals surface area contributed by atoms with E-state index in [1.807, 2.05) is 0 Å². The van der Waals surface area contributed by atoms with Crippen molar-refractivity contribution in [2.24, 2.45) is 0 Å². The van der Waals surface area contributed by atoms with Crippen LogP contribution in [0.15, 0.2) is 12.1 Å². The third-order valence-corrected chi connectivity index (χ3v) is 3.08. The van der Waals surface area contributed by atoms with Crippen molar-refractivity contribution in [3.05, 3.63) is 22.2 Å². The van der Waals surface area contributed by atoms with Gasteiger partial charge in [0.1, 0.15) is 0 Å². The van der Waals surface area contributed by atoms with Crippen LogP contribution in [0.5, 0.6) is 5.88 Å². The van der Waals surface area contributed by atoms with Crippen molar-refractivity contribution in [2.75, 3.05) is 31.7 Å². The summed E-state index contributed by atoms with van der Waals surface area (Å²) in [6, 6.07) is 2.74. The van der Waals surface area contributed by atoms with Crippen LogP contribution in [-0.4, -0.2) is 53.9 Å². The molecule has 2 rings (SSSR count). The highest BCUT2D eigenvalue weighted by molar-refractivity contribution is 5.67. The number of nitro groups is 1. The maximum absolute atomic E-state index is 11.1. The van der Waals surface area contributed by atoms with Crippen molar-refractivity contribution in [3.8, 4) is 5.88 Å². The summed E-state index contributed by atoms with van der Waals surface area (Å²) in [7, 11) is 1.42. The second-order valence-electron chi connectivity index (χ2n) is 4.49. The van der Waals surface area contributed by atoms with E-state index in [4.69, 9.17) is 14.6 Å². The number of ether oxygens (including phenoxy) is 2. The van der Waals surface area contributed by atoms with E-state index < -0.39 is 17.0 Å². The van der Waals surface area contributed by atoms with Gasteiger partial charge in [-0.05, 0) is 0 Å². The quantitative estimate of drug-likeness (QED) is 0.623. The molecule has 0 radical (unpaired) electrons. The number of carbonyl (C=O) groups is 1. The fourth-order valence-corrected chi connectivity index (χ4v) is 2.14. The molecule has 1 N–H and O–H groups in total. The van der Waals surface area contributed by atoms with Gasteiger partial charge in [-0.3, -0.25) is 14.9 Å². The zero-order chi connectivity index (χ0) is 15.4. The highest BCUT2D eigenvalue weighted by Crippen LogP contribution is 2.29. The SMILES string of the molecule is COc1ccc([N+](=O)[O-])c(N2CCOC(CC(=O)O)C2)n1. The number of methoxy groups -OCH3 is 1. The fraction of sp³-hybridized carbons (Fsp3) is 0.500. The van der Waals surface area contributed by atoms with E-state index in [1.165, 1.54) is 19.2 Å². The number of anilines is 1. The lowest BCUT2D eigenvalue weighted by atomic mass is 10.2. The Morgan fingerprint density at radius 3 is 3.05 bits per heavy atom. The van der Waals surface area contributed by atoms with Crippen molar-refractivity contribution in [1.82, 2.24) is 4.98 Å². The molecule has 0 spiro atoms. The van der Waals surface area contributed by atoms with Crippen molar-refractivity contribution in [1.29, 1.82) is 0 Å². The lowest BCUT2D eigenvalue weighted by Crippen LogP contribution is -2.44. The van der Waals surface area contributed by atoms with Crippen LogP contribution in [0.2, 0.25) is 0 Å². The van der Waals surface area contributed by atoms with Crippen LogP contribution in [0.1, 0.15) is 6.42 Å². The Kier molecular flexibility index (Phi) is 4.53. The minimum atomic E-state index is -0.977. The highest BCUT2D eigenvalue weighted by atomic mass is 16.6. The first-order valence-corrected chi connectivity index (χ1v) is 6.29. The zero-order valence-electron chi connectivity index (χ0n) is 11.4. The zero-order valence-corrected chi connectivity index (χ0v) is 11.4. The number of morpholine rings is 1. The number of pyridine rings is 1. The van der Waals surface area contributed by atoms with E-state index in [9.17, 15) is 14.9 Å². The number of aromatic nitrogens is 1. The number of nitrogens with zero attached hydrogens (tertiary/aromatic N) is 3. The van der Waals surface area contributed by atoms with Crippen LogP contribution in [-0.2, 0) is 9.53 Å². The molecule has 1 fully saturated rings. The van der Waals surface area contributed by atoms with Gasteiger partial charge in [-0.2, -0.15) is 4.98 Å². The summed E-state index contributed by atoms with van der Waals surface area (Å²) in [6.07, 6.45) is -0.683. The van der Waals surface area contributed by atoms with Gasteiger partial charge in [-0.15, -0.1) is 0 Å². The minimum Gasteiger partial charge on any atom is -0.481 e. The van der Waals surface area contributed by atoms with E-state index in [2.05, 4.69) is 4.98 Å². The van der Waals surface area contributed by atoms with E-state index in [0.717, 1.165) is 0 Å². The molecular formula is C12H15N3O6. The molecule has 0 aliphatic carbocycles. The van der Waals surface area contributed by atoms with Gasteiger partial charge in [0, 0.05) is 25.2 Å².